The minimum atomic E-state index is 0.629. The number of methoxy groups -OCH3 is 1. The number of aromatic nitrogens is 2. The Bertz CT molecular complexity index is 442. The monoisotopic (exact) mass is 229 g/mol. The highest BCUT2D eigenvalue weighted by Crippen LogP contribution is 2.10. The van der Waals surface area contributed by atoms with Crippen LogP contribution >= 0.6 is 0 Å². The van der Waals surface area contributed by atoms with Gasteiger partial charge in [0.1, 0.15) is 0 Å². The molecule has 0 aliphatic rings. The predicted octanol–water partition coefficient (Wildman–Crippen LogP) is 2.14. The molecule has 0 unspecified atom stereocenters. The second-order valence-corrected chi connectivity index (χ2v) is 3.62. The predicted molar refractivity (Wildman–Crippen MR) is 67.2 cm³/mol. The number of anilines is 1. The van der Waals surface area contributed by atoms with Gasteiger partial charge in [0.25, 0.3) is 0 Å². The highest BCUT2D eigenvalue weighted by atomic mass is 16.5. The molecule has 0 saturated heterocycles. The molecule has 0 aliphatic carbocycles. The third-order valence-corrected chi connectivity index (χ3v) is 2.44. The standard InChI is InChI=1S/C13H15N3O/c1-17-13-3-2-12(10-16-13)15-9-6-11-4-7-14-8-5-11/h2-5,7-8,10,15H,6,9H2,1H3. The molecule has 0 aliphatic heterocycles. The van der Waals surface area contributed by atoms with E-state index in [2.05, 4.69) is 15.3 Å². The maximum absolute atomic E-state index is 5.00. The Morgan fingerprint density at radius 3 is 2.65 bits per heavy atom. The number of ether oxygens (including phenoxy) is 1. The quantitative estimate of drug-likeness (QED) is 0.853. The smallest absolute Gasteiger partial charge is 0.213 e. The van der Waals surface area contributed by atoms with Crippen molar-refractivity contribution in [3.05, 3.63) is 48.4 Å². The van der Waals surface area contributed by atoms with Crippen LogP contribution in [0.5, 0.6) is 5.88 Å². The third-order valence-electron chi connectivity index (χ3n) is 2.44. The minimum Gasteiger partial charge on any atom is -0.481 e. The number of hydrogen-bond acceptors (Lipinski definition) is 4. The summed E-state index contributed by atoms with van der Waals surface area (Å²) < 4.78 is 5.00. The molecule has 0 atom stereocenters. The zero-order valence-corrected chi connectivity index (χ0v) is 9.76. The fourth-order valence-corrected chi connectivity index (χ4v) is 1.51. The summed E-state index contributed by atoms with van der Waals surface area (Å²) in [5, 5.41) is 3.31. The Morgan fingerprint density at radius 2 is 2.00 bits per heavy atom. The number of nitrogens with one attached hydrogen (secondary N) is 1. The lowest BCUT2D eigenvalue weighted by Crippen LogP contribution is -2.05. The number of hydrogen-bond donors (Lipinski definition) is 1. The maximum Gasteiger partial charge on any atom is 0.213 e. The molecule has 0 spiro atoms. The number of pyridine rings is 2. The van der Waals surface area contributed by atoms with Crippen LogP contribution in [-0.2, 0) is 6.42 Å². The van der Waals surface area contributed by atoms with Crippen LogP contribution in [0.1, 0.15) is 5.56 Å². The van der Waals surface area contributed by atoms with E-state index in [1.165, 1.54) is 5.56 Å². The molecule has 2 aromatic rings. The summed E-state index contributed by atoms with van der Waals surface area (Å²) in [6, 6.07) is 7.84. The van der Waals surface area contributed by atoms with E-state index in [1.54, 1.807) is 13.3 Å². The lowest BCUT2D eigenvalue weighted by molar-refractivity contribution is 0.398. The van der Waals surface area contributed by atoms with Gasteiger partial charge in [0, 0.05) is 25.0 Å². The van der Waals surface area contributed by atoms with Gasteiger partial charge in [0.2, 0.25) is 5.88 Å². The van der Waals surface area contributed by atoms with Crippen LogP contribution in [0.3, 0.4) is 0 Å². The largest absolute Gasteiger partial charge is 0.481 e. The van der Waals surface area contributed by atoms with E-state index in [1.807, 2.05) is 36.7 Å². The average molecular weight is 229 g/mol. The summed E-state index contributed by atoms with van der Waals surface area (Å²) in [6.45, 7) is 0.873. The number of nitrogens with zero attached hydrogens (tertiary/aromatic N) is 2. The first-order valence-electron chi connectivity index (χ1n) is 5.51. The second kappa shape index (κ2) is 5.84. The van der Waals surface area contributed by atoms with Crippen molar-refractivity contribution >= 4 is 5.69 Å². The maximum atomic E-state index is 5.00. The third kappa shape index (κ3) is 3.45. The van der Waals surface area contributed by atoms with Crippen molar-refractivity contribution in [2.45, 2.75) is 6.42 Å². The summed E-state index contributed by atoms with van der Waals surface area (Å²) in [5.74, 6) is 0.629. The van der Waals surface area contributed by atoms with E-state index in [-0.39, 0.29) is 0 Å². The van der Waals surface area contributed by atoms with Gasteiger partial charge in [0.05, 0.1) is 19.0 Å². The van der Waals surface area contributed by atoms with E-state index in [0.29, 0.717) is 5.88 Å². The van der Waals surface area contributed by atoms with Crippen LogP contribution in [0, 0.1) is 0 Å². The first-order chi connectivity index (χ1) is 8.38. The fourth-order valence-electron chi connectivity index (χ4n) is 1.51. The van der Waals surface area contributed by atoms with Crippen molar-refractivity contribution in [2.75, 3.05) is 19.0 Å². The normalized spacial score (nSPS) is 9.94. The molecule has 2 aromatic heterocycles. The van der Waals surface area contributed by atoms with Crippen molar-refractivity contribution in [2.24, 2.45) is 0 Å². The highest BCUT2D eigenvalue weighted by Gasteiger charge is 1.95. The van der Waals surface area contributed by atoms with Crippen LogP contribution < -0.4 is 10.1 Å². The van der Waals surface area contributed by atoms with E-state index in [4.69, 9.17) is 4.74 Å². The lowest BCUT2D eigenvalue weighted by atomic mass is 10.2. The Balaban J connectivity index is 1.82. The Hall–Kier alpha value is -2.10. The van der Waals surface area contributed by atoms with E-state index in [9.17, 15) is 0 Å². The first kappa shape index (κ1) is 11.4. The molecule has 2 rings (SSSR count). The van der Waals surface area contributed by atoms with Crippen LogP contribution in [0.2, 0.25) is 0 Å². The molecule has 2 heterocycles. The van der Waals surface area contributed by atoms with Crippen molar-refractivity contribution in [3.8, 4) is 5.88 Å². The SMILES string of the molecule is COc1ccc(NCCc2ccncc2)cn1. The molecule has 0 radical (unpaired) electrons. The molecule has 0 fully saturated rings. The molecule has 0 bridgehead atoms. The fraction of sp³-hybridized carbons (Fsp3) is 0.231. The molecule has 0 saturated carbocycles. The summed E-state index contributed by atoms with van der Waals surface area (Å²) in [7, 11) is 1.61. The van der Waals surface area contributed by atoms with Gasteiger partial charge >= 0.3 is 0 Å². The van der Waals surface area contributed by atoms with Crippen molar-refractivity contribution in [1.29, 1.82) is 0 Å². The highest BCUT2D eigenvalue weighted by molar-refractivity contribution is 5.42. The van der Waals surface area contributed by atoms with Crippen LogP contribution in [0.4, 0.5) is 5.69 Å². The molecular weight excluding hydrogens is 214 g/mol. The summed E-state index contributed by atoms with van der Waals surface area (Å²) >= 11 is 0. The number of rotatable bonds is 5. The summed E-state index contributed by atoms with van der Waals surface area (Å²) in [4.78, 5) is 8.11. The van der Waals surface area contributed by atoms with Gasteiger partial charge in [-0.1, -0.05) is 0 Å². The summed E-state index contributed by atoms with van der Waals surface area (Å²) in [6.07, 6.45) is 6.36. The van der Waals surface area contributed by atoms with Gasteiger partial charge in [0.15, 0.2) is 0 Å². The van der Waals surface area contributed by atoms with E-state index < -0.39 is 0 Å². The summed E-state index contributed by atoms with van der Waals surface area (Å²) in [5.41, 5.74) is 2.27. The van der Waals surface area contributed by atoms with Gasteiger partial charge in [-0.05, 0) is 30.2 Å². The molecule has 4 heteroatoms. The van der Waals surface area contributed by atoms with Gasteiger partial charge in [-0.2, -0.15) is 0 Å². The zero-order valence-electron chi connectivity index (χ0n) is 9.76. The Morgan fingerprint density at radius 1 is 1.18 bits per heavy atom. The van der Waals surface area contributed by atoms with Gasteiger partial charge in [-0.15, -0.1) is 0 Å². The Labute approximate surface area is 101 Å². The van der Waals surface area contributed by atoms with Crippen LogP contribution in [-0.4, -0.2) is 23.6 Å². The Kier molecular flexibility index (Phi) is 3.91. The van der Waals surface area contributed by atoms with Crippen molar-refractivity contribution in [3.63, 3.8) is 0 Å². The molecular formula is C13H15N3O. The van der Waals surface area contributed by atoms with Crippen LogP contribution in [0.15, 0.2) is 42.9 Å². The second-order valence-electron chi connectivity index (χ2n) is 3.62. The first-order valence-corrected chi connectivity index (χ1v) is 5.51. The molecule has 4 nitrogen and oxygen atoms in total. The molecule has 88 valence electrons. The van der Waals surface area contributed by atoms with Crippen molar-refractivity contribution in [1.82, 2.24) is 9.97 Å². The van der Waals surface area contributed by atoms with Gasteiger partial charge in [-0.25, -0.2) is 4.98 Å². The zero-order chi connectivity index (χ0) is 11.9. The molecule has 0 aromatic carbocycles. The lowest BCUT2D eigenvalue weighted by Gasteiger charge is -2.06. The van der Waals surface area contributed by atoms with E-state index in [0.717, 1.165) is 18.7 Å². The topological polar surface area (TPSA) is 47.0 Å². The minimum absolute atomic E-state index is 0.629. The van der Waals surface area contributed by atoms with E-state index >= 15 is 0 Å². The molecule has 0 amide bonds. The van der Waals surface area contributed by atoms with Crippen molar-refractivity contribution < 1.29 is 4.74 Å². The average Bonchev–Trinajstić information content (AvgIpc) is 2.41. The van der Waals surface area contributed by atoms with Crippen LogP contribution in [0.25, 0.3) is 0 Å². The molecule has 1 N–H and O–H groups in total. The van der Waals surface area contributed by atoms with Gasteiger partial charge < -0.3 is 10.1 Å². The van der Waals surface area contributed by atoms with Gasteiger partial charge in [-0.3, -0.25) is 4.98 Å². The molecule has 17 heavy (non-hydrogen) atoms.